The van der Waals surface area contributed by atoms with Crippen molar-refractivity contribution in [1.29, 1.82) is 0 Å². The minimum atomic E-state index is 0.110. The van der Waals surface area contributed by atoms with Crippen molar-refractivity contribution in [2.24, 2.45) is 0 Å². The van der Waals surface area contributed by atoms with Gasteiger partial charge in [0.25, 0.3) is 0 Å². The van der Waals surface area contributed by atoms with E-state index in [0.717, 1.165) is 12.2 Å². The lowest BCUT2D eigenvalue weighted by molar-refractivity contribution is 0.569. The molecule has 0 spiro atoms. The highest BCUT2D eigenvalue weighted by molar-refractivity contribution is 7.10. The van der Waals surface area contributed by atoms with Crippen LogP contribution in [0.3, 0.4) is 0 Å². The molecule has 2 heterocycles. The first-order chi connectivity index (χ1) is 8.08. The van der Waals surface area contributed by atoms with E-state index in [1.54, 1.807) is 23.7 Å². The van der Waals surface area contributed by atoms with E-state index < -0.39 is 0 Å². The molecule has 4 heteroatoms. The van der Waals surface area contributed by atoms with Gasteiger partial charge in [0.05, 0.1) is 17.6 Å². The first-order valence-electron chi connectivity index (χ1n) is 5.56. The second kappa shape index (κ2) is 4.75. The summed E-state index contributed by atoms with van der Waals surface area (Å²) in [5.74, 6) is 0. The van der Waals surface area contributed by atoms with Crippen molar-refractivity contribution in [1.82, 2.24) is 4.98 Å². The summed E-state index contributed by atoms with van der Waals surface area (Å²) in [6, 6.07) is 6.16. The van der Waals surface area contributed by atoms with E-state index in [0.29, 0.717) is 5.69 Å². The van der Waals surface area contributed by atoms with Crippen molar-refractivity contribution in [3.05, 3.63) is 40.8 Å². The third-order valence-electron chi connectivity index (χ3n) is 2.68. The number of thiophene rings is 1. The molecule has 0 fully saturated rings. The smallest absolute Gasteiger partial charge is 0.0547 e. The van der Waals surface area contributed by atoms with E-state index in [1.165, 1.54) is 4.88 Å². The molecule has 0 aliphatic carbocycles. The zero-order valence-electron chi connectivity index (χ0n) is 10.1. The van der Waals surface area contributed by atoms with E-state index in [4.69, 9.17) is 5.73 Å². The maximum Gasteiger partial charge on any atom is 0.0547 e. The molecule has 0 saturated carbocycles. The molecule has 3 N–H and O–H groups in total. The van der Waals surface area contributed by atoms with Crippen LogP contribution in [0, 0.1) is 0 Å². The fourth-order valence-corrected chi connectivity index (χ4v) is 2.48. The van der Waals surface area contributed by atoms with Gasteiger partial charge in [-0.15, -0.1) is 11.3 Å². The summed E-state index contributed by atoms with van der Waals surface area (Å²) in [5, 5.41) is 5.49. The predicted octanol–water partition coefficient (Wildman–Crippen LogP) is 3.12. The first kappa shape index (κ1) is 11.9. The molecule has 0 aliphatic heterocycles. The largest absolute Gasteiger partial charge is 0.397 e. The minimum Gasteiger partial charge on any atom is -0.397 e. The van der Waals surface area contributed by atoms with Crippen LogP contribution < -0.4 is 11.1 Å². The summed E-state index contributed by atoms with van der Waals surface area (Å²) >= 11 is 1.79. The van der Waals surface area contributed by atoms with Crippen LogP contribution in [0.1, 0.15) is 18.7 Å². The lowest BCUT2D eigenvalue weighted by Crippen LogP contribution is -2.26. The fourth-order valence-electron chi connectivity index (χ4n) is 1.63. The van der Waals surface area contributed by atoms with Gasteiger partial charge >= 0.3 is 0 Å². The second-order valence-electron chi connectivity index (χ2n) is 4.72. The Morgan fingerprint density at radius 3 is 2.88 bits per heavy atom. The van der Waals surface area contributed by atoms with Crippen molar-refractivity contribution in [3.63, 3.8) is 0 Å². The minimum absolute atomic E-state index is 0.110. The van der Waals surface area contributed by atoms with Crippen LogP contribution in [0.2, 0.25) is 0 Å². The lowest BCUT2D eigenvalue weighted by Gasteiger charge is -2.24. The van der Waals surface area contributed by atoms with Gasteiger partial charge in [-0.1, -0.05) is 19.9 Å². The van der Waals surface area contributed by atoms with Crippen LogP contribution >= 0.6 is 11.3 Å². The van der Waals surface area contributed by atoms with Crippen molar-refractivity contribution in [2.75, 3.05) is 17.6 Å². The summed E-state index contributed by atoms with van der Waals surface area (Å²) in [4.78, 5) is 5.44. The Bertz CT molecular complexity index is 477. The summed E-state index contributed by atoms with van der Waals surface area (Å²) in [6.45, 7) is 5.32. The molecule has 0 saturated heterocycles. The highest BCUT2D eigenvalue weighted by Gasteiger charge is 2.21. The van der Waals surface area contributed by atoms with Crippen molar-refractivity contribution >= 4 is 22.7 Å². The van der Waals surface area contributed by atoms with Gasteiger partial charge in [-0.3, -0.25) is 4.98 Å². The molecule has 2 aromatic rings. The zero-order chi connectivity index (χ0) is 12.3. The quantitative estimate of drug-likeness (QED) is 0.872. The molecule has 90 valence electrons. The van der Waals surface area contributed by atoms with Crippen LogP contribution in [-0.2, 0) is 5.41 Å². The van der Waals surface area contributed by atoms with Crippen molar-refractivity contribution in [3.8, 4) is 0 Å². The van der Waals surface area contributed by atoms with Crippen LogP contribution in [-0.4, -0.2) is 11.5 Å². The number of nitrogens with two attached hydrogens (primary N) is 1. The molecule has 2 aromatic heterocycles. The predicted molar refractivity (Wildman–Crippen MR) is 74.5 cm³/mol. The number of hydrogen-bond acceptors (Lipinski definition) is 4. The maximum absolute atomic E-state index is 5.69. The molecular formula is C13H17N3S. The molecule has 0 aliphatic rings. The Labute approximate surface area is 106 Å². The van der Waals surface area contributed by atoms with Gasteiger partial charge in [0.15, 0.2) is 0 Å². The Kier molecular flexibility index (Phi) is 3.33. The monoisotopic (exact) mass is 247 g/mol. The maximum atomic E-state index is 5.69. The Morgan fingerprint density at radius 1 is 1.41 bits per heavy atom. The van der Waals surface area contributed by atoms with Gasteiger partial charge < -0.3 is 11.1 Å². The number of rotatable bonds is 4. The molecular weight excluding hydrogens is 230 g/mol. The molecule has 0 aromatic carbocycles. The van der Waals surface area contributed by atoms with Crippen molar-refractivity contribution in [2.45, 2.75) is 19.3 Å². The summed E-state index contributed by atoms with van der Waals surface area (Å²) in [5.41, 5.74) is 7.45. The molecule has 0 atom stereocenters. The molecule has 2 rings (SSSR count). The van der Waals surface area contributed by atoms with Gasteiger partial charge in [-0.2, -0.15) is 0 Å². The fraction of sp³-hybridized carbons (Fsp3) is 0.308. The van der Waals surface area contributed by atoms with Gasteiger partial charge in [0.2, 0.25) is 0 Å². The normalized spacial score (nSPS) is 11.4. The number of pyridine rings is 1. The summed E-state index contributed by atoms with van der Waals surface area (Å²) < 4.78 is 0. The van der Waals surface area contributed by atoms with E-state index in [9.17, 15) is 0 Å². The number of nitrogens with one attached hydrogen (secondary N) is 1. The van der Waals surface area contributed by atoms with E-state index in [2.05, 4.69) is 41.7 Å². The van der Waals surface area contributed by atoms with Gasteiger partial charge in [-0.05, 0) is 17.5 Å². The topological polar surface area (TPSA) is 50.9 Å². The number of nitrogen functional groups attached to an aromatic ring is 1. The SMILES string of the molecule is CC(C)(CNc1cncc(N)c1)c1cccs1. The molecule has 0 amide bonds. The Hall–Kier alpha value is -1.55. The zero-order valence-corrected chi connectivity index (χ0v) is 10.9. The van der Waals surface area contributed by atoms with E-state index in [-0.39, 0.29) is 5.41 Å². The summed E-state index contributed by atoms with van der Waals surface area (Å²) in [7, 11) is 0. The van der Waals surface area contributed by atoms with E-state index >= 15 is 0 Å². The molecule has 0 radical (unpaired) electrons. The lowest BCUT2D eigenvalue weighted by atomic mass is 9.91. The van der Waals surface area contributed by atoms with E-state index in [1.807, 2.05) is 6.07 Å². The van der Waals surface area contributed by atoms with Crippen molar-refractivity contribution < 1.29 is 0 Å². The van der Waals surface area contributed by atoms with Crippen LogP contribution in [0.25, 0.3) is 0 Å². The third-order valence-corrected chi connectivity index (χ3v) is 3.92. The van der Waals surface area contributed by atoms with Crippen LogP contribution in [0.4, 0.5) is 11.4 Å². The Balaban J connectivity index is 2.03. The molecule has 0 unspecified atom stereocenters. The third kappa shape index (κ3) is 2.97. The molecule has 0 bridgehead atoms. The number of aromatic nitrogens is 1. The highest BCUT2D eigenvalue weighted by Crippen LogP contribution is 2.27. The standard InChI is InChI=1S/C13H17N3S/c1-13(2,12-4-3-5-17-12)9-16-11-6-10(14)7-15-8-11/h3-8,16H,9,14H2,1-2H3. The number of hydrogen-bond donors (Lipinski definition) is 2. The number of anilines is 2. The number of nitrogens with zero attached hydrogens (tertiary/aromatic N) is 1. The second-order valence-corrected chi connectivity index (χ2v) is 5.67. The average Bonchev–Trinajstić information content (AvgIpc) is 2.81. The van der Waals surface area contributed by atoms with Gasteiger partial charge in [0.1, 0.15) is 0 Å². The van der Waals surface area contributed by atoms with Crippen LogP contribution in [0.15, 0.2) is 36.0 Å². The average molecular weight is 247 g/mol. The van der Waals surface area contributed by atoms with Gasteiger partial charge in [-0.25, -0.2) is 0 Å². The van der Waals surface area contributed by atoms with Crippen LogP contribution in [0.5, 0.6) is 0 Å². The van der Waals surface area contributed by atoms with Gasteiger partial charge in [0, 0.05) is 23.0 Å². The summed E-state index contributed by atoms with van der Waals surface area (Å²) in [6.07, 6.45) is 3.44. The first-order valence-corrected chi connectivity index (χ1v) is 6.44. The highest BCUT2D eigenvalue weighted by atomic mass is 32.1. The molecule has 3 nitrogen and oxygen atoms in total. The molecule has 17 heavy (non-hydrogen) atoms. The Morgan fingerprint density at radius 2 is 2.24 bits per heavy atom.